The highest BCUT2D eigenvalue weighted by atomic mass is 31.2. The van der Waals surface area contributed by atoms with Crippen molar-refractivity contribution < 1.29 is 23.5 Å². The number of rotatable bonds is 10. The van der Waals surface area contributed by atoms with Crippen molar-refractivity contribution in [3.05, 3.63) is 65.9 Å². The van der Waals surface area contributed by atoms with Gasteiger partial charge in [0.05, 0.1) is 6.54 Å². The minimum atomic E-state index is -3.06. The van der Waals surface area contributed by atoms with Gasteiger partial charge in [-0.1, -0.05) is 30.3 Å². The second-order valence-electron chi connectivity index (χ2n) is 8.19. The summed E-state index contributed by atoms with van der Waals surface area (Å²) in [5, 5.41) is 3.84. The van der Waals surface area contributed by atoms with Crippen molar-refractivity contribution in [2.75, 3.05) is 26.3 Å². The van der Waals surface area contributed by atoms with Crippen LogP contribution in [0.1, 0.15) is 24.0 Å². The molecule has 1 aliphatic heterocycles. The van der Waals surface area contributed by atoms with Crippen molar-refractivity contribution in [2.24, 2.45) is 0 Å². The number of benzene rings is 2. The normalized spacial score (nSPS) is 15.6. The van der Waals surface area contributed by atoms with Gasteiger partial charge in [0.25, 0.3) is 0 Å². The van der Waals surface area contributed by atoms with Gasteiger partial charge in [0.1, 0.15) is 13.3 Å². The van der Waals surface area contributed by atoms with Gasteiger partial charge in [-0.2, -0.15) is 9.42 Å². The molecule has 0 bridgehead atoms. The fourth-order valence-corrected chi connectivity index (χ4v) is 4.79. The topological polar surface area (TPSA) is 104 Å². The van der Waals surface area contributed by atoms with E-state index in [1.807, 2.05) is 48.7 Å². The number of hydrogen-bond donors (Lipinski definition) is 3. The molecule has 1 saturated heterocycles. The molecule has 3 aromatic rings. The molecule has 174 valence electrons. The number of amides is 2. The maximum absolute atomic E-state index is 12.1. The van der Waals surface area contributed by atoms with Crippen LogP contribution in [0.4, 0.5) is 0 Å². The second kappa shape index (κ2) is 10.3. The third-order valence-electron chi connectivity index (χ3n) is 5.55. The minimum absolute atomic E-state index is 0.0424. The fourth-order valence-electron chi connectivity index (χ4n) is 3.85. The van der Waals surface area contributed by atoms with E-state index in [0.717, 1.165) is 28.5 Å². The lowest BCUT2D eigenvalue weighted by Gasteiger charge is -2.15. The SMILES string of the molecule is C[P+](O)(OCc1ccccc1)Oc1ccc2[nH]cc(CCNC(=O)CN3CCCC3=O)c2c1. The van der Waals surface area contributed by atoms with Crippen LogP contribution in [-0.4, -0.2) is 52.9 Å². The van der Waals surface area contributed by atoms with Crippen molar-refractivity contribution in [1.29, 1.82) is 0 Å². The number of H-pyrrole nitrogens is 1. The molecular formula is C24H29N3O5P+. The van der Waals surface area contributed by atoms with Crippen LogP contribution in [-0.2, 0) is 27.1 Å². The number of likely N-dealkylation sites (tertiary alicyclic amines) is 1. The van der Waals surface area contributed by atoms with Crippen LogP contribution < -0.4 is 9.84 Å². The fraction of sp³-hybridized carbons (Fsp3) is 0.333. The first-order chi connectivity index (χ1) is 15.9. The van der Waals surface area contributed by atoms with E-state index in [0.29, 0.717) is 31.7 Å². The predicted molar refractivity (Wildman–Crippen MR) is 128 cm³/mol. The molecule has 4 rings (SSSR count). The van der Waals surface area contributed by atoms with E-state index in [4.69, 9.17) is 9.05 Å². The van der Waals surface area contributed by atoms with Crippen molar-refractivity contribution >= 4 is 30.7 Å². The third-order valence-corrected chi connectivity index (χ3v) is 6.71. The molecule has 0 spiro atoms. The zero-order valence-electron chi connectivity index (χ0n) is 18.6. The number of hydrogen-bond acceptors (Lipinski definition) is 5. The summed E-state index contributed by atoms with van der Waals surface area (Å²) < 4.78 is 11.5. The first kappa shape index (κ1) is 23.2. The molecule has 1 fully saturated rings. The molecule has 0 saturated carbocycles. The average molecular weight is 470 g/mol. The van der Waals surface area contributed by atoms with E-state index < -0.39 is 7.94 Å². The molecular weight excluding hydrogens is 441 g/mol. The Labute approximate surface area is 193 Å². The van der Waals surface area contributed by atoms with Gasteiger partial charge in [-0.05, 0) is 42.2 Å². The van der Waals surface area contributed by atoms with Crippen LogP contribution in [0.5, 0.6) is 5.75 Å². The summed E-state index contributed by atoms with van der Waals surface area (Å²) in [6.45, 7) is 3.07. The first-order valence-electron chi connectivity index (χ1n) is 11.0. The molecule has 0 radical (unpaired) electrons. The molecule has 2 aromatic carbocycles. The molecule has 33 heavy (non-hydrogen) atoms. The van der Waals surface area contributed by atoms with E-state index >= 15 is 0 Å². The second-order valence-corrected chi connectivity index (χ2v) is 10.2. The zero-order valence-corrected chi connectivity index (χ0v) is 19.5. The molecule has 0 aliphatic carbocycles. The summed E-state index contributed by atoms with van der Waals surface area (Å²) in [6, 6.07) is 15.2. The van der Waals surface area contributed by atoms with Crippen LogP contribution in [0, 0.1) is 0 Å². The van der Waals surface area contributed by atoms with Gasteiger partial charge in [-0.3, -0.25) is 14.1 Å². The van der Waals surface area contributed by atoms with Crippen LogP contribution in [0.15, 0.2) is 54.7 Å². The van der Waals surface area contributed by atoms with E-state index in [1.54, 1.807) is 17.6 Å². The van der Waals surface area contributed by atoms with E-state index in [1.165, 1.54) is 0 Å². The molecule has 8 nitrogen and oxygen atoms in total. The van der Waals surface area contributed by atoms with E-state index in [-0.39, 0.29) is 25.0 Å². The summed E-state index contributed by atoms with van der Waals surface area (Å²) in [4.78, 5) is 39.3. The summed E-state index contributed by atoms with van der Waals surface area (Å²) in [7, 11) is -3.06. The molecule has 1 aromatic heterocycles. The lowest BCUT2D eigenvalue weighted by molar-refractivity contribution is -0.133. The Bertz CT molecular complexity index is 1120. The number of nitrogens with one attached hydrogen (secondary N) is 2. The standard InChI is InChI=1S/C24H28N3O5P/c1-33(30,31-17-18-6-3-2-4-7-18)32-20-9-10-22-21(14-20)19(15-26-22)11-12-25-23(28)16-27-13-5-8-24(27)29/h2-4,6-7,9-10,14-15,26,30H,5,8,11-13,16-17H2,1H3/p+1. The van der Waals surface area contributed by atoms with Gasteiger partial charge in [-0.15, -0.1) is 0 Å². The Morgan fingerprint density at radius 1 is 1.24 bits per heavy atom. The van der Waals surface area contributed by atoms with Crippen LogP contribution in [0.3, 0.4) is 0 Å². The van der Waals surface area contributed by atoms with Gasteiger partial charge in [0.15, 0.2) is 5.75 Å². The van der Waals surface area contributed by atoms with Crippen LogP contribution >= 0.6 is 7.94 Å². The largest absolute Gasteiger partial charge is 0.451 e. The van der Waals surface area contributed by atoms with Crippen molar-refractivity contribution in [3.8, 4) is 5.75 Å². The Balaban J connectivity index is 1.32. The number of aromatic nitrogens is 1. The third kappa shape index (κ3) is 6.32. The van der Waals surface area contributed by atoms with Gasteiger partial charge < -0.3 is 15.2 Å². The number of carbonyl (C=O) groups is 2. The molecule has 2 amide bonds. The van der Waals surface area contributed by atoms with Crippen molar-refractivity contribution in [1.82, 2.24) is 15.2 Å². The first-order valence-corrected chi connectivity index (χ1v) is 13.0. The zero-order chi connectivity index (χ0) is 23.3. The van der Waals surface area contributed by atoms with Gasteiger partial charge in [0.2, 0.25) is 11.8 Å². The predicted octanol–water partition coefficient (Wildman–Crippen LogP) is 3.43. The van der Waals surface area contributed by atoms with E-state index in [2.05, 4.69) is 10.3 Å². The van der Waals surface area contributed by atoms with Gasteiger partial charge in [-0.25, -0.2) is 0 Å². The smallest absolute Gasteiger partial charge is 0.361 e. The van der Waals surface area contributed by atoms with Crippen LogP contribution in [0.2, 0.25) is 0 Å². The highest BCUT2D eigenvalue weighted by molar-refractivity contribution is 7.60. The summed E-state index contributed by atoms with van der Waals surface area (Å²) in [6.07, 6.45) is 3.88. The molecule has 1 unspecified atom stereocenters. The lowest BCUT2D eigenvalue weighted by atomic mass is 10.1. The Morgan fingerprint density at radius 3 is 2.82 bits per heavy atom. The van der Waals surface area contributed by atoms with Gasteiger partial charge >= 0.3 is 7.94 Å². The van der Waals surface area contributed by atoms with E-state index in [9.17, 15) is 14.5 Å². The number of nitrogens with zero attached hydrogens (tertiary/aromatic N) is 1. The Kier molecular flexibility index (Phi) is 7.28. The summed E-state index contributed by atoms with van der Waals surface area (Å²) in [5.41, 5.74) is 2.92. The average Bonchev–Trinajstić information content (AvgIpc) is 3.38. The molecule has 3 N–H and O–H groups in total. The van der Waals surface area contributed by atoms with Gasteiger partial charge in [0, 0.05) is 36.6 Å². The Morgan fingerprint density at radius 2 is 2.06 bits per heavy atom. The Hall–Kier alpha value is -2.93. The summed E-state index contributed by atoms with van der Waals surface area (Å²) in [5.74, 6) is 0.414. The highest BCUT2D eigenvalue weighted by Gasteiger charge is 2.35. The minimum Gasteiger partial charge on any atom is -0.361 e. The highest BCUT2D eigenvalue weighted by Crippen LogP contribution is 2.53. The molecule has 1 atom stereocenters. The molecule has 2 heterocycles. The maximum Gasteiger partial charge on any atom is 0.451 e. The number of carbonyl (C=O) groups excluding carboxylic acids is 2. The summed E-state index contributed by atoms with van der Waals surface area (Å²) >= 11 is 0. The van der Waals surface area contributed by atoms with Crippen molar-refractivity contribution in [3.63, 3.8) is 0 Å². The lowest BCUT2D eigenvalue weighted by Crippen LogP contribution is -2.38. The molecule has 9 heteroatoms. The van der Waals surface area contributed by atoms with Crippen LogP contribution in [0.25, 0.3) is 10.9 Å². The monoisotopic (exact) mass is 470 g/mol. The van der Waals surface area contributed by atoms with Crippen molar-refractivity contribution in [2.45, 2.75) is 25.9 Å². The number of fused-ring (bicyclic) bond motifs is 1. The number of aromatic amines is 1. The molecule has 1 aliphatic rings. The maximum atomic E-state index is 12.1. The quantitative estimate of drug-likeness (QED) is 0.394.